The van der Waals surface area contributed by atoms with Crippen LogP contribution in [0, 0.1) is 0 Å². The molecule has 0 aliphatic rings. The Balaban J connectivity index is 4.08. The van der Waals surface area contributed by atoms with Gasteiger partial charge in [0.25, 0.3) is 0 Å². The van der Waals surface area contributed by atoms with Crippen molar-refractivity contribution in [2.45, 2.75) is 174 Å². The van der Waals surface area contributed by atoms with Crippen LogP contribution < -0.4 is 10.6 Å². The number of carbonyl (C=O) groups excluding carboxylic acids is 3. The smallest absolute Gasteiger partial charge is 0.328 e. The number of esters is 1. The third kappa shape index (κ3) is 27.2. The molecule has 0 rings (SSSR count). The molecule has 0 aliphatic carbocycles. The van der Waals surface area contributed by atoms with Crippen molar-refractivity contribution in [1.29, 1.82) is 0 Å². The molecule has 2 atom stereocenters. The van der Waals surface area contributed by atoms with Gasteiger partial charge in [-0.2, -0.15) is 0 Å². The van der Waals surface area contributed by atoms with Crippen LogP contribution in [0.3, 0.4) is 0 Å². The summed E-state index contributed by atoms with van der Waals surface area (Å²) < 4.78 is 5.88. The van der Waals surface area contributed by atoms with Gasteiger partial charge in [0.1, 0.15) is 12.1 Å². The Bertz CT molecular complexity index is 772. The van der Waals surface area contributed by atoms with Crippen LogP contribution >= 0.6 is 0 Å². The minimum atomic E-state index is -1.38. The summed E-state index contributed by atoms with van der Waals surface area (Å²) in [6.45, 7) is 3.38. The number of carbonyl (C=O) groups is 4. The number of carboxylic acid groups (broad SMARTS) is 1. The summed E-state index contributed by atoms with van der Waals surface area (Å²) in [5.74, 6) is -2.35. The number of allylic oxidation sites excluding steroid dienone is 2. The second-order valence-corrected chi connectivity index (χ2v) is 12.0. The van der Waals surface area contributed by atoms with Crippen molar-refractivity contribution < 1.29 is 34.1 Å². The van der Waals surface area contributed by atoms with Crippen molar-refractivity contribution in [2.24, 2.45) is 0 Å². The van der Waals surface area contributed by atoms with Gasteiger partial charge < -0.3 is 25.6 Å². The number of aliphatic hydroxyl groups excluding tert-OH is 1. The first kappa shape index (κ1) is 41.6. The third-order valence-electron chi connectivity index (χ3n) is 7.76. The quantitative estimate of drug-likeness (QED) is 0.0365. The molecular weight excluding hydrogens is 560 g/mol. The molecule has 0 saturated heterocycles. The number of hydrogen-bond donors (Lipinski definition) is 4. The van der Waals surface area contributed by atoms with E-state index in [-0.39, 0.29) is 30.9 Å². The summed E-state index contributed by atoms with van der Waals surface area (Å²) in [6.07, 6.45) is 28.3. The molecule has 256 valence electrons. The van der Waals surface area contributed by atoms with E-state index in [1.807, 2.05) is 0 Å². The first-order valence-electron chi connectivity index (χ1n) is 17.6. The van der Waals surface area contributed by atoms with Crippen molar-refractivity contribution in [2.75, 3.05) is 13.2 Å². The Kier molecular flexibility index (Phi) is 28.9. The standard InChI is InChI=1S/C35H64N2O7/c1-3-5-7-9-10-11-12-13-14-15-16-17-23-27-34(41)44-30(24-20-8-6-4-2)25-21-18-19-22-26-32(39)36-28-33(40)37-31(29-38)35(42)43/h11-12,30-31,38H,3-10,13-29H2,1-2H3,(H,36,39)(H,37,40)(H,42,43)/b12-11-. The first-order chi connectivity index (χ1) is 21.3. The van der Waals surface area contributed by atoms with Gasteiger partial charge >= 0.3 is 11.9 Å². The molecule has 2 amide bonds. The zero-order valence-electron chi connectivity index (χ0n) is 27.9. The minimum Gasteiger partial charge on any atom is -0.480 e. The highest BCUT2D eigenvalue weighted by Crippen LogP contribution is 2.18. The van der Waals surface area contributed by atoms with Gasteiger partial charge in [0.15, 0.2) is 0 Å². The highest BCUT2D eigenvalue weighted by molar-refractivity contribution is 5.87. The largest absolute Gasteiger partial charge is 0.480 e. The van der Waals surface area contributed by atoms with Crippen molar-refractivity contribution in [3.63, 3.8) is 0 Å². The predicted octanol–water partition coefficient (Wildman–Crippen LogP) is 7.14. The molecule has 0 fully saturated rings. The second kappa shape index (κ2) is 30.6. The van der Waals surface area contributed by atoms with Crippen molar-refractivity contribution in [1.82, 2.24) is 10.6 Å². The lowest BCUT2D eigenvalue weighted by molar-refractivity contribution is -0.150. The first-order valence-corrected chi connectivity index (χ1v) is 17.6. The Hall–Kier alpha value is -2.42. The summed E-state index contributed by atoms with van der Waals surface area (Å²) >= 11 is 0. The van der Waals surface area contributed by atoms with Gasteiger partial charge in [-0.05, 0) is 64.2 Å². The maximum absolute atomic E-state index is 12.5. The summed E-state index contributed by atoms with van der Waals surface area (Å²) in [5.41, 5.74) is 0. The van der Waals surface area contributed by atoms with Crippen LogP contribution in [-0.2, 0) is 23.9 Å². The van der Waals surface area contributed by atoms with Crippen LogP contribution in [0.25, 0.3) is 0 Å². The van der Waals surface area contributed by atoms with Gasteiger partial charge in [-0.15, -0.1) is 0 Å². The number of unbranched alkanes of at least 4 members (excludes halogenated alkanes) is 15. The zero-order valence-corrected chi connectivity index (χ0v) is 27.9. The predicted molar refractivity (Wildman–Crippen MR) is 176 cm³/mol. The molecule has 0 aromatic heterocycles. The van der Waals surface area contributed by atoms with E-state index < -0.39 is 24.5 Å². The molecular formula is C35H64N2O7. The Morgan fingerprint density at radius 2 is 1.16 bits per heavy atom. The van der Waals surface area contributed by atoms with Gasteiger partial charge in [-0.25, -0.2) is 4.79 Å². The number of ether oxygens (including phenoxy) is 1. The van der Waals surface area contributed by atoms with Crippen LogP contribution in [0.4, 0.5) is 0 Å². The molecule has 9 nitrogen and oxygen atoms in total. The molecule has 0 aromatic rings. The Labute approximate surface area is 267 Å². The average molecular weight is 625 g/mol. The molecule has 0 saturated carbocycles. The van der Waals surface area contributed by atoms with E-state index in [2.05, 4.69) is 36.6 Å². The van der Waals surface area contributed by atoms with E-state index in [9.17, 15) is 19.2 Å². The Morgan fingerprint density at radius 3 is 1.73 bits per heavy atom. The topological polar surface area (TPSA) is 142 Å². The number of rotatable bonds is 31. The molecule has 0 aliphatic heterocycles. The van der Waals surface area contributed by atoms with E-state index in [0.717, 1.165) is 70.6 Å². The van der Waals surface area contributed by atoms with E-state index in [1.54, 1.807) is 0 Å². The van der Waals surface area contributed by atoms with Crippen LogP contribution in [0.2, 0.25) is 0 Å². The summed E-state index contributed by atoms with van der Waals surface area (Å²) in [5, 5.41) is 22.4. The van der Waals surface area contributed by atoms with Crippen LogP contribution in [0.1, 0.15) is 162 Å². The van der Waals surface area contributed by atoms with Gasteiger partial charge in [0, 0.05) is 12.8 Å². The number of aliphatic carboxylic acids is 1. The molecule has 4 N–H and O–H groups in total. The molecule has 44 heavy (non-hydrogen) atoms. The maximum atomic E-state index is 12.5. The fourth-order valence-corrected chi connectivity index (χ4v) is 5.00. The van der Waals surface area contributed by atoms with Gasteiger partial charge in [0.05, 0.1) is 13.2 Å². The lowest BCUT2D eigenvalue weighted by Gasteiger charge is -2.18. The van der Waals surface area contributed by atoms with Crippen molar-refractivity contribution in [3.8, 4) is 0 Å². The van der Waals surface area contributed by atoms with Crippen LogP contribution in [-0.4, -0.2) is 59.3 Å². The molecule has 0 heterocycles. The monoisotopic (exact) mass is 624 g/mol. The molecule has 0 bridgehead atoms. The van der Waals surface area contributed by atoms with E-state index in [4.69, 9.17) is 14.9 Å². The summed E-state index contributed by atoms with van der Waals surface area (Å²) in [4.78, 5) is 47.1. The number of carboxylic acids is 1. The fourth-order valence-electron chi connectivity index (χ4n) is 5.00. The highest BCUT2D eigenvalue weighted by atomic mass is 16.5. The van der Waals surface area contributed by atoms with E-state index in [0.29, 0.717) is 12.8 Å². The second-order valence-electron chi connectivity index (χ2n) is 12.0. The fraction of sp³-hybridized carbons (Fsp3) is 0.829. The average Bonchev–Trinajstić information content (AvgIpc) is 3.00. The highest BCUT2D eigenvalue weighted by Gasteiger charge is 2.19. The molecule has 0 spiro atoms. The SMILES string of the molecule is CCCCCC/C=C\CCCCCCCC(=O)OC(CCCCCC)CCCCCCC(=O)NCC(=O)NC(CO)C(=O)O. The van der Waals surface area contributed by atoms with E-state index >= 15 is 0 Å². The van der Waals surface area contributed by atoms with Crippen LogP contribution in [0.5, 0.6) is 0 Å². The lowest BCUT2D eigenvalue weighted by atomic mass is 10.0. The molecule has 0 aromatic carbocycles. The number of nitrogens with one attached hydrogen (secondary N) is 2. The molecule has 0 radical (unpaired) electrons. The summed E-state index contributed by atoms with van der Waals surface area (Å²) in [6, 6.07) is -1.38. The summed E-state index contributed by atoms with van der Waals surface area (Å²) in [7, 11) is 0. The van der Waals surface area contributed by atoms with Gasteiger partial charge in [0.2, 0.25) is 11.8 Å². The maximum Gasteiger partial charge on any atom is 0.328 e. The van der Waals surface area contributed by atoms with Crippen molar-refractivity contribution >= 4 is 23.8 Å². The number of hydrogen-bond acceptors (Lipinski definition) is 6. The normalized spacial score (nSPS) is 12.6. The Morgan fingerprint density at radius 1 is 0.659 bits per heavy atom. The van der Waals surface area contributed by atoms with Crippen molar-refractivity contribution in [3.05, 3.63) is 12.2 Å². The minimum absolute atomic E-state index is 0.0384. The third-order valence-corrected chi connectivity index (χ3v) is 7.76. The molecule has 2 unspecified atom stereocenters. The lowest BCUT2D eigenvalue weighted by Crippen LogP contribution is -2.47. The van der Waals surface area contributed by atoms with Gasteiger partial charge in [-0.1, -0.05) is 96.6 Å². The number of aliphatic hydroxyl groups is 1. The van der Waals surface area contributed by atoms with Gasteiger partial charge in [-0.3, -0.25) is 14.4 Å². The zero-order chi connectivity index (χ0) is 32.7. The van der Waals surface area contributed by atoms with Crippen LogP contribution in [0.15, 0.2) is 12.2 Å². The van der Waals surface area contributed by atoms with E-state index in [1.165, 1.54) is 57.8 Å². The number of amides is 2. The molecule has 9 heteroatoms.